The van der Waals surface area contributed by atoms with Crippen LogP contribution >= 0.6 is 11.6 Å². The van der Waals surface area contributed by atoms with E-state index in [1.807, 2.05) is 31.2 Å². The topological polar surface area (TPSA) is 67.6 Å². The predicted molar refractivity (Wildman–Crippen MR) is 64.2 cm³/mol. The first kappa shape index (κ1) is 11.1. The van der Waals surface area contributed by atoms with Gasteiger partial charge < -0.3 is 5.73 Å². The molecule has 0 aliphatic rings. The number of nitrogens with zero attached hydrogens (tertiary/aromatic N) is 2. The molecule has 3 N–H and O–H groups in total. The van der Waals surface area contributed by atoms with E-state index in [0.717, 1.165) is 11.4 Å². The molecular formula is C11H13ClN4. The summed E-state index contributed by atoms with van der Waals surface area (Å²) in [5.41, 5.74) is 6.59. The number of hydrogen-bond acceptors (Lipinski definition) is 3. The predicted octanol–water partition coefficient (Wildman–Crippen LogP) is 2.01. The van der Waals surface area contributed by atoms with Crippen LogP contribution in [0.25, 0.3) is 11.4 Å². The monoisotopic (exact) mass is 236 g/mol. The molecule has 1 heterocycles. The molecule has 0 amide bonds. The molecule has 0 bridgehead atoms. The molecule has 0 aliphatic carbocycles. The van der Waals surface area contributed by atoms with E-state index in [9.17, 15) is 0 Å². The molecular weight excluding hydrogens is 224 g/mol. The average Bonchev–Trinajstić information content (AvgIpc) is 2.65. The van der Waals surface area contributed by atoms with Gasteiger partial charge >= 0.3 is 0 Å². The summed E-state index contributed by atoms with van der Waals surface area (Å²) in [4.78, 5) is 4.36. The highest BCUT2D eigenvalue weighted by Gasteiger charge is 2.07. The van der Waals surface area contributed by atoms with Gasteiger partial charge in [0.05, 0.1) is 0 Å². The second-order valence-corrected chi connectivity index (χ2v) is 4.23. The lowest BCUT2D eigenvalue weighted by Gasteiger charge is -1.98. The first-order chi connectivity index (χ1) is 7.65. The van der Waals surface area contributed by atoms with Crippen molar-refractivity contribution in [2.24, 2.45) is 5.73 Å². The first-order valence-electron chi connectivity index (χ1n) is 5.08. The maximum atomic E-state index is 5.90. The second-order valence-electron chi connectivity index (χ2n) is 3.80. The van der Waals surface area contributed by atoms with Gasteiger partial charge in [0, 0.05) is 23.0 Å². The Labute approximate surface area is 98.8 Å². The summed E-state index contributed by atoms with van der Waals surface area (Å²) in [5, 5.41) is 7.68. The molecule has 2 rings (SSSR count). The lowest BCUT2D eigenvalue weighted by atomic mass is 10.2. The highest BCUT2D eigenvalue weighted by atomic mass is 35.5. The zero-order chi connectivity index (χ0) is 11.5. The van der Waals surface area contributed by atoms with Gasteiger partial charge in [-0.3, -0.25) is 5.10 Å². The van der Waals surface area contributed by atoms with Crippen molar-refractivity contribution < 1.29 is 0 Å². The summed E-state index contributed by atoms with van der Waals surface area (Å²) >= 11 is 5.90. The van der Waals surface area contributed by atoms with E-state index >= 15 is 0 Å². The molecule has 0 radical (unpaired) electrons. The fraction of sp³-hybridized carbons (Fsp3) is 0.273. The van der Waals surface area contributed by atoms with Crippen LogP contribution in [-0.2, 0) is 6.42 Å². The van der Waals surface area contributed by atoms with Crippen molar-refractivity contribution in [3.05, 3.63) is 35.1 Å². The SMILES string of the molecule is CC(N)Cc1nc(-c2cccc(Cl)c2)n[nH]1. The molecule has 5 heteroatoms. The van der Waals surface area contributed by atoms with Gasteiger partial charge in [0.1, 0.15) is 5.82 Å². The molecule has 0 aliphatic heterocycles. The summed E-state index contributed by atoms with van der Waals surface area (Å²) < 4.78 is 0. The van der Waals surface area contributed by atoms with Crippen molar-refractivity contribution in [2.75, 3.05) is 0 Å². The molecule has 1 atom stereocenters. The Balaban J connectivity index is 2.24. The Hall–Kier alpha value is -1.39. The number of aromatic nitrogens is 3. The highest BCUT2D eigenvalue weighted by Crippen LogP contribution is 2.19. The summed E-state index contributed by atoms with van der Waals surface area (Å²) in [6.07, 6.45) is 0.688. The van der Waals surface area contributed by atoms with Crippen molar-refractivity contribution in [1.29, 1.82) is 0 Å². The lowest BCUT2D eigenvalue weighted by Crippen LogP contribution is -2.18. The number of nitrogens with two attached hydrogens (primary N) is 1. The maximum Gasteiger partial charge on any atom is 0.181 e. The van der Waals surface area contributed by atoms with E-state index in [2.05, 4.69) is 15.2 Å². The molecule has 1 unspecified atom stereocenters. The summed E-state index contributed by atoms with van der Waals surface area (Å²) in [5.74, 6) is 1.45. The van der Waals surface area contributed by atoms with Crippen molar-refractivity contribution in [1.82, 2.24) is 15.2 Å². The van der Waals surface area contributed by atoms with E-state index in [0.29, 0.717) is 17.3 Å². The molecule has 1 aromatic heterocycles. The largest absolute Gasteiger partial charge is 0.328 e. The Kier molecular flexibility index (Phi) is 3.22. The van der Waals surface area contributed by atoms with Gasteiger partial charge in [0.15, 0.2) is 5.82 Å². The number of nitrogens with one attached hydrogen (secondary N) is 1. The van der Waals surface area contributed by atoms with E-state index in [-0.39, 0.29) is 6.04 Å². The Morgan fingerprint density at radius 3 is 3.00 bits per heavy atom. The Morgan fingerprint density at radius 1 is 1.50 bits per heavy atom. The Morgan fingerprint density at radius 2 is 2.31 bits per heavy atom. The third kappa shape index (κ3) is 2.59. The van der Waals surface area contributed by atoms with E-state index in [1.54, 1.807) is 0 Å². The molecule has 0 saturated carbocycles. The summed E-state index contributed by atoms with van der Waals surface area (Å²) in [7, 11) is 0. The molecule has 1 aromatic carbocycles. The van der Waals surface area contributed by atoms with Crippen LogP contribution in [0, 0.1) is 0 Å². The minimum Gasteiger partial charge on any atom is -0.328 e. The molecule has 16 heavy (non-hydrogen) atoms. The minimum absolute atomic E-state index is 0.0696. The van der Waals surface area contributed by atoms with Crippen LogP contribution in [0.3, 0.4) is 0 Å². The van der Waals surface area contributed by atoms with Crippen LogP contribution in [-0.4, -0.2) is 21.2 Å². The highest BCUT2D eigenvalue weighted by molar-refractivity contribution is 6.30. The fourth-order valence-corrected chi connectivity index (χ4v) is 1.64. The van der Waals surface area contributed by atoms with Crippen LogP contribution < -0.4 is 5.73 Å². The Bertz CT molecular complexity index is 478. The number of benzene rings is 1. The number of H-pyrrole nitrogens is 1. The number of halogens is 1. The molecule has 2 aromatic rings. The molecule has 0 spiro atoms. The van der Waals surface area contributed by atoms with Gasteiger partial charge in [0.2, 0.25) is 0 Å². The van der Waals surface area contributed by atoms with E-state index in [1.165, 1.54) is 0 Å². The van der Waals surface area contributed by atoms with Crippen LogP contribution in [0.1, 0.15) is 12.7 Å². The van der Waals surface area contributed by atoms with E-state index in [4.69, 9.17) is 17.3 Å². The van der Waals surface area contributed by atoms with Gasteiger partial charge in [-0.1, -0.05) is 23.7 Å². The second kappa shape index (κ2) is 4.63. The molecule has 4 nitrogen and oxygen atoms in total. The zero-order valence-electron chi connectivity index (χ0n) is 8.94. The summed E-state index contributed by atoms with van der Waals surface area (Å²) in [6, 6.07) is 7.52. The van der Waals surface area contributed by atoms with Crippen molar-refractivity contribution in [3.8, 4) is 11.4 Å². The number of aromatic amines is 1. The van der Waals surface area contributed by atoms with Crippen molar-refractivity contribution >= 4 is 11.6 Å². The molecule has 0 fully saturated rings. The quantitative estimate of drug-likeness (QED) is 0.857. The van der Waals surface area contributed by atoms with Crippen LogP contribution in [0.15, 0.2) is 24.3 Å². The number of hydrogen-bond donors (Lipinski definition) is 2. The normalized spacial score (nSPS) is 12.7. The van der Waals surface area contributed by atoms with Crippen molar-refractivity contribution in [2.45, 2.75) is 19.4 Å². The molecule has 0 saturated heterocycles. The smallest absolute Gasteiger partial charge is 0.181 e. The van der Waals surface area contributed by atoms with Gasteiger partial charge in [-0.25, -0.2) is 4.98 Å². The maximum absolute atomic E-state index is 5.90. The van der Waals surface area contributed by atoms with Crippen LogP contribution in [0.4, 0.5) is 0 Å². The standard InChI is InChI=1S/C11H13ClN4/c1-7(13)5-10-14-11(16-15-10)8-3-2-4-9(12)6-8/h2-4,6-7H,5,13H2,1H3,(H,14,15,16). The fourth-order valence-electron chi connectivity index (χ4n) is 1.45. The van der Waals surface area contributed by atoms with Gasteiger partial charge in [0.25, 0.3) is 0 Å². The third-order valence-electron chi connectivity index (χ3n) is 2.13. The van der Waals surface area contributed by atoms with Gasteiger partial charge in [-0.15, -0.1) is 0 Å². The molecule has 84 valence electrons. The van der Waals surface area contributed by atoms with E-state index < -0.39 is 0 Å². The van der Waals surface area contributed by atoms with Crippen LogP contribution in [0.5, 0.6) is 0 Å². The van der Waals surface area contributed by atoms with Gasteiger partial charge in [-0.05, 0) is 19.1 Å². The lowest BCUT2D eigenvalue weighted by molar-refractivity contribution is 0.705. The number of rotatable bonds is 3. The third-order valence-corrected chi connectivity index (χ3v) is 2.36. The van der Waals surface area contributed by atoms with Crippen LogP contribution in [0.2, 0.25) is 5.02 Å². The zero-order valence-corrected chi connectivity index (χ0v) is 9.70. The minimum atomic E-state index is 0.0696. The average molecular weight is 237 g/mol. The van der Waals surface area contributed by atoms with Crippen molar-refractivity contribution in [3.63, 3.8) is 0 Å². The summed E-state index contributed by atoms with van der Waals surface area (Å²) in [6.45, 7) is 1.93. The first-order valence-corrected chi connectivity index (χ1v) is 5.46. The van der Waals surface area contributed by atoms with Gasteiger partial charge in [-0.2, -0.15) is 5.10 Å².